The lowest BCUT2D eigenvalue weighted by Gasteiger charge is -2.09. The molecular weight excluding hydrogens is 324 g/mol. The lowest BCUT2D eigenvalue weighted by Crippen LogP contribution is -1.98. The lowest BCUT2D eigenvalue weighted by molar-refractivity contribution is -0.268. The van der Waals surface area contributed by atoms with Gasteiger partial charge in [0.15, 0.2) is 0 Å². The summed E-state index contributed by atoms with van der Waals surface area (Å²) in [5.74, 6) is -1.11. The van der Waals surface area contributed by atoms with Gasteiger partial charge in [-0.1, -0.05) is 27.7 Å². The molecule has 5 nitrogen and oxygen atoms in total. The van der Waals surface area contributed by atoms with Crippen molar-refractivity contribution in [1.29, 1.82) is 0 Å². The number of hydrazone groups is 1. The Morgan fingerprint density at radius 3 is 2.60 bits per heavy atom. The predicted molar refractivity (Wildman–Crippen MR) is 78.2 cm³/mol. The van der Waals surface area contributed by atoms with E-state index in [4.69, 9.17) is 5.11 Å². The van der Waals surface area contributed by atoms with Crippen molar-refractivity contribution >= 4 is 33.8 Å². The first-order valence-corrected chi connectivity index (χ1v) is 6.44. The molecule has 0 aliphatic carbocycles. The number of rotatable bonds is 4. The second-order valence-corrected chi connectivity index (χ2v) is 4.85. The molecule has 20 heavy (non-hydrogen) atoms. The van der Waals surface area contributed by atoms with Gasteiger partial charge in [-0.3, -0.25) is 5.43 Å². The quantitative estimate of drug-likeness (QED) is 0.665. The number of benzene rings is 2. The van der Waals surface area contributed by atoms with Gasteiger partial charge in [0.2, 0.25) is 0 Å². The summed E-state index contributed by atoms with van der Waals surface area (Å²) in [4.78, 5) is 10.7. The van der Waals surface area contributed by atoms with Gasteiger partial charge >= 0.3 is 5.97 Å². The van der Waals surface area contributed by atoms with Crippen molar-refractivity contribution < 1.29 is 15.0 Å². The van der Waals surface area contributed by atoms with Crippen molar-refractivity contribution in [1.82, 2.24) is 0 Å². The molecule has 0 aliphatic rings. The van der Waals surface area contributed by atoms with E-state index in [1.165, 1.54) is 24.4 Å². The zero-order valence-corrected chi connectivity index (χ0v) is 11.8. The first-order valence-electron chi connectivity index (χ1n) is 5.65. The predicted octanol–water partition coefficient (Wildman–Crippen LogP) is 2.67. The molecule has 0 bridgehead atoms. The highest BCUT2D eigenvalue weighted by molar-refractivity contribution is 9.10. The van der Waals surface area contributed by atoms with Crippen molar-refractivity contribution in [3.63, 3.8) is 0 Å². The van der Waals surface area contributed by atoms with Gasteiger partial charge in [0, 0.05) is 4.47 Å². The highest BCUT2D eigenvalue weighted by atomic mass is 79.9. The van der Waals surface area contributed by atoms with Crippen LogP contribution >= 0.6 is 15.9 Å². The third kappa shape index (κ3) is 3.58. The Bertz CT molecular complexity index is 654. The van der Waals surface area contributed by atoms with E-state index in [-0.39, 0.29) is 11.3 Å². The van der Waals surface area contributed by atoms with Gasteiger partial charge in [0.1, 0.15) is 0 Å². The summed E-state index contributed by atoms with van der Waals surface area (Å²) in [6.45, 7) is 0. The van der Waals surface area contributed by atoms with Crippen LogP contribution in [0.4, 0.5) is 5.69 Å². The molecule has 0 saturated carbocycles. The average Bonchev–Trinajstić information content (AvgIpc) is 2.43. The Labute approximate surface area is 123 Å². The largest absolute Gasteiger partial charge is 0.872 e. The molecule has 6 heteroatoms. The number of aromatic carboxylic acids is 1. The normalized spacial score (nSPS) is 10.7. The smallest absolute Gasteiger partial charge is 0.335 e. The van der Waals surface area contributed by atoms with E-state index >= 15 is 0 Å². The molecule has 2 aromatic rings. The Hall–Kier alpha value is -2.34. The molecule has 0 heterocycles. The molecule has 2 rings (SSSR count). The second-order valence-electron chi connectivity index (χ2n) is 3.93. The molecule has 102 valence electrons. The van der Waals surface area contributed by atoms with Crippen LogP contribution in [0.5, 0.6) is 5.75 Å². The van der Waals surface area contributed by atoms with Gasteiger partial charge in [-0.15, -0.1) is 0 Å². The fourth-order valence-corrected chi connectivity index (χ4v) is 1.86. The van der Waals surface area contributed by atoms with Crippen LogP contribution < -0.4 is 10.5 Å². The SMILES string of the molecule is O=C(O)c1ccc(N/N=C/c2cc(Br)ccc2[O-])cc1. The molecular formula is C14H10BrN2O3-. The first-order chi connectivity index (χ1) is 9.56. The molecule has 2 aromatic carbocycles. The van der Waals surface area contributed by atoms with Crippen molar-refractivity contribution in [2.75, 3.05) is 5.43 Å². The number of hydrogen-bond donors (Lipinski definition) is 2. The van der Waals surface area contributed by atoms with E-state index in [2.05, 4.69) is 26.5 Å². The summed E-state index contributed by atoms with van der Waals surface area (Å²) < 4.78 is 0.796. The van der Waals surface area contributed by atoms with E-state index < -0.39 is 5.97 Å². The van der Waals surface area contributed by atoms with Crippen LogP contribution in [0.3, 0.4) is 0 Å². The van der Waals surface area contributed by atoms with Gasteiger partial charge in [-0.25, -0.2) is 4.79 Å². The van der Waals surface area contributed by atoms with Crippen LogP contribution in [0.15, 0.2) is 52.0 Å². The molecule has 0 spiro atoms. The molecule has 0 fully saturated rings. The number of hydrogen-bond acceptors (Lipinski definition) is 4. The van der Waals surface area contributed by atoms with Crippen LogP contribution in [0, 0.1) is 0 Å². The van der Waals surface area contributed by atoms with Gasteiger partial charge in [0.05, 0.1) is 17.5 Å². The molecule has 0 amide bonds. The molecule has 0 radical (unpaired) electrons. The maximum atomic E-state index is 11.5. The van der Waals surface area contributed by atoms with Crippen molar-refractivity contribution in [2.45, 2.75) is 0 Å². The second kappa shape index (κ2) is 6.21. The van der Waals surface area contributed by atoms with Crippen LogP contribution in [0.25, 0.3) is 0 Å². The summed E-state index contributed by atoms with van der Waals surface area (Å²) in [6.07, 6.45) is 1.41. The molecule has 0 atom stereocenters. The maximum absolute atomic E-state index is 11.5. The summed E-state index contributed by atoms with van der Waals surface area (Å²) in [6, 6.07) is 10.9. The Morgan fingerprint density at radius 2 is 1.95 bits per heavy atom. The number of anilines is 1. The topological polar surface area (TPSA) is 84.8 Å². The van der Waals surface area contributed by atoms with Crippen molar-refractivity contribution in [3.05, 3.63) is 58.1 Å². The molecule has 0 aromatic heterocycles. The third-order valence-corrected chi connectivity index (χ3v) is 2.99. The fraction of sp³-hybridized carbons (Fsp3) is 0. The molecule has 2 N–H and O–H groups in total. The number of nitrogens with one attached hydrogen (secondary N) is 1. The minimum atomic E-state index is -0.981. The van der Waals surface area contributed by atoms with E-state index in [9.17, 15) is 9.90 Å². The first kappa shape index (κ1) is 14.1. The standard InChI is InChI=1S/C14H11BrN2O3/c15-11-3-6-13(18)10(7-11)8-16-17-12-4-1-9(2-5-12)14(19)20/h1-8,17-18H,(H,19,20)/p-1/b16-8+. The third-order valence-electron chi connectivity index (χ3n) is 2.50. The van der Waals surface area contributed by atoms with Gasteiger partial charge in [-0.2, -0.15) is 5.10 Å². The molecule has 0 saturated heterocycles. The van der Waals surface area contributed by atoms with E-state index in [1.807, 2.05) is 0 Å². The average molecular weight is 334 g/mol. The van der Waals surface area contributed by atoms with E-state index in [0.717, 1.165) is 4.47 Å². The Balaban J connectivity index is 2.06. The van der Waals surface area contributed by atoms with Crippen LogP contribution in [0.1, 0.15) is 15.9 Å². The summed E-state index contributed by atoms with van der Waals surface area (Å²) in [7, 11) is 0. The van der Waals surface area contributed by atoms with Crippen molar-refractivity contribution in [3.8, 4) is 5.75 Å². The Morgan fingerprint density at radius 1 is 1.25 bits per heavy atom. The number of nitrogens with zero attached hydrogens (tertiary/aromatic N) is 1. The number of carboxylic acid groups (broad SMARTS) is 1. The van der Waals surface area contributed by atoms with E-state index in [0.29, 0.717) is 11.3 Å². The van der Waals surface area contributed by atoms with Gasteiger partial charge < -0.3 is 10.2 Å². The number of carboxylic acids is 1. The Kier molecular flexibility index (Phi) is 4.37. The zero-order valence-electron chi connectivity index (χ0n) is 10.2. The van der Waals surface area contributed by atoms with Crippen molar-refractivity contribution in [2.24, 2.45) is 5.10 Å². The van der Waals surface area contributed by atoms with Crippen LogP contribution in [-0.4, -0.2) is 17.3 Å². The number of halogens is 1. The molecule has 0 unspecified atom stereocenters. The lowest BCUT2D eigenvalue weighted by atomic mass is 10.2. The van der Waals surface area contributed by atoms with E-state index in [1.54, 1.807) is 24.3 Å². The minimum Gasteiger partial charge on any atom is -0.872 e. The maximum Gasteiger partial charge on any atom is 0.335 e. The summed E-state index contributed by atoms with van der Waals surface area (Å²) >= 11 is 3.28. The summed E-state index contributed by atoms with van der Waals surface area (Å²) in [5.41, 5.74) is 4.02. The van der Waals surface area contributed by atoms with Gasteiger partial charge in [-0.05, 0) is 42.0 Å². The highest BCUT2D eigenvalue weighted by Crippen LogP contribution is 2.18. The monoisotopic (exact) mass is 333 g/mol. The zero-order chi connectivity index (χ0) is 14.5. The van der Waals surface area contributed by atoms with Crippen LogP contribution in [0.2, 0.25) is 0 Å². The van der Waals surface area contributed by atoms with Crippen LogP contribution in [-0.2, 0) is 0 Å². The fourth-order valence-electron chi connectivity index (χ4n) is 1.48. The molecule has 0 aliphatic heterocycles. The minimum absolute atomic E-state index is 0.125. The highest BCUT2D eigenvalue weighted by Gasteiger charge is 2.00. The number of carbonyl (C=O) groups is 1. The summed E-state index contributed by atoms with van der Waals surface area (Å²) in [5, 5.41) is 24.2. The van der Waals surface area contributed by atoms with Gasteiger partial charge in [0.25, 0.3) is 0 Å².